The van der Waals surface area contributed by atoms with E-state index < -0.39 is 0 Å². The molecule has 0 saturated carbocycles. The molecule has 146 valence electrons. The Labute approximate surface area is 166 Å². The average Bonchev–Trinajstić information content (AvgIpc) is 3.24. The molecule has 1 saturated heterocycles. The standard InChI is InChI=1S/C21H19FN6O/c22-18-4-2-1-3-17(18)20-25-19-9-10-23-28(19)21(26-20)24-15-5-7-16(8-6-15)27-11-13-29-14-12-27/h1-10H,11-14H2,(H,24,25,26). The van der Waals surface area contributed by atoms with Crippen molar-refractivity contribution in [3.63, 3.8) is 0 Å². The fourth-order valence-corrected chi connectivity index (χ4v) is 3.38. The average molecular weight is 390 g/mol. The van der Waals surface area contributed by atoms with Crippen molar-refractivity contribution in [1.29, 1.82) is 0 Å². The summed E-state index contributed by atoms with van der Waals surface area (Å²) in [6.07, 6.45) is 1.64. The first-order chi connectivity index (χ1) is 14.3. The number of hydrogen-bond acceptors (Lipinski definition) is 6. The highest BCUT2D eigenvalue weighted by Gasteiger charge is 2.14. The molecule has 3 heterocycles. The Bertz CT molecular complexity index is 1140. The summed E-state index contributed by atoms with van der Waals surface area (Å²) >= 11 is 0. The zero-order chi connectivity index (χ0) is 19.6. The molecular formula is C21H19FN6O. The van der Waals surface area contributed by atoms with Crippen molar-refractivity contribution < 1.29 is 9.13 Å². The van der Waals surface area contributed by atoms with Crippen LogP contribution in [0.5, 0.6) is 0 Å². The summed E-state index contributed by atoms with van der Waals surface area (Å²) in [5.74, 6) is 0.415. The molecule has 0 spiro atoms. The van der Waals surface area contributed by atoms with E-state index >= 15 is 0 Å². The summed E-state index contributed by atoms with van der Waals surface area (Å²) in [6.45, 7) is 3.27. The van der Waals surface area contributed by atoms with Gasteiger partial charge in [0.05, 0.1) is 25.0 Å². The monoisotopic (exact) mass is 390 g/mol. The van der Waals surface area contributed by atoms with Crippen LogP contribution in [0, 0.1) is 5.82 Å². The molecule has 7 nitrogen and oxygen atoms in total. The first kappa shape index (κ1) is 17.6. The van der Waals surface area contributed by atoms with Gasteiger partial charge in [-0.2, -0.15) is 14.6 Å². The molecule has 1 aliphatic rings. The fourth-order valence-electron chi connectivity index (χ4n) is 3.38. The molecule has 1 aliphatic heterocycles. The first-order valence-corrected chi connectivity index (χ1v) is 9.44. The Morgan fingerprint density at radius 3 is 2.52 bits per heavy atom. The number of halogens is 1. The molecule has 0 unspecified atom stereocenters. The van der Waals surface area contributed by atoms with E-state index in [2.05, 4.69) is 37.4 Å². The molecule has 0 aliphatic carbocycles. The van der Waals surface area contributed by atoms with E-state index in [4.69, 9.17) is 4.74 Å². The second-order valence-electron chi connectivity index (χ2n) is 6.72. The lowest BCUT2D eigenvalue weighted by molar-refractivity contribution is 0.122. The molecule has 1 N–H and O–H groups in total. The highest BCUT2D eigenvalue weighted by Crippen LogP contribution is 2.24. The second kappa shape index (κ2) is 7.48. The number of morpholine rings is 1. The van der Waals surface area contributed by atoms with E-state index in [1.54, 1.807) is 35.0 Å². The van der Waals surface area contributed by atoms with Crippen molar-refractivity contribution in [2.24, 2.45) is 0 Å². The van der Waals surface area contributed by atoms with E-state index in [9.17, 15) is 4.39 Å². The minimum Gasteiger partial charge on any atom is -0.378 e. The van der Waals surface area contributed by atoms with Gasteiger partial charge in [-0.05, 0) is 36.4 Å². The number of ether oxygens (including phenoxy) is 1. The molecule has 1 fully saturated rings. The van der Waals surface area contributed by atoms with Crippen molar-refractivity contribution in [2.75, 3.05) is 36.5 Å². The Morgan fingerprint density at radius 2 is 1.72 bits per heavy atom. The third-order valence-corrected chi connectivity index (χ3v) is 4.87. The third kappa shape index (κ3) is 3.50. The van der Waals surface area contributed by atoms with Crippen LogP contribution in [0.3, 0.4) is 0 Å². The van der Waals surface area contributed by atoms with Gasteiger partial charge in [0.1, 0.15) is 5.82 Å². The highest BCUT2D eigenvalue weighted by molar-refractivity contribution is 5.65. The van der Waals surface area contributed by atoms with Crippen molar-refractivity contribution >= 4 is 23.0 Å². The Morgan fingerprint density at radius 1 is 0.931 bits per heavy atom. The Hall–Kier alpha value is -3.52. The molecule has 0 amide bonds. The number of hydrogen-bond donors (Lipinski definition) is 1. The molecule has 5 rings (SSSR count). The number of nitrogens with zero attached hydrogens (tertiary/aromatic N) is 5. The Kier molecular flexibility index (Phi) is 4.53. The van der Waals surface area contributed by atoms with Crippen LogP contribution in [0.15, 0.2) is 60.8 Å². The fraction of sp³-hybridized carbons (Fsp3) is 0.190. The minimum absolute atomic E-state index is 0.309. The van der Waals surface area contributed by atoms with Crippen LogP contribution >= 0.6 is 0 Å². The molecule has 0 bridgehead atoms. The van der Waals surface area contributed by atoms with Crippen LogP contribution < -0.4 is 10.2 Å². The maximum Gasteiger partial charge on any atom is 0.232 e. The van der Waals surface area contributed by atoms with E-state index in [1.165, 1.54) is 6.07 Å². The number of aromatic nitrogens is 4. The van der Waals surface area contributed by atoms with Gasteiger partial charge >= 0.3 is 0 Å². The van der Waals surface area contributed by atoms with Crippen LogP contribution in [0.25, 0.3) is 17.0 Å². The lowest BCUT2D eigenvalue weighted by Gasteiger charge is -2.28. The summed E-state index contributed by atoms with van der Waals surface area (Å²) in [5, 5.41) is 7.55. The van der Waals surface area contributed by atoms with Crippen molar-refractivity contribution in [2.45, 2.75) is 0 Å². The van der Waals surface area contributed by atoms with Crippen molar-refractivity contribution in [3.05, 3.63) is 66.6 Å². The molecule has 29 heavy (non-hydrogen) atoms. The van der Waals surface area contributed by atoms with Crippen LogP contribution in [0.2, 0.25) is 0 Å². The molecular weight excluding hydrogens is 371 g/mol. The number of anilines is 3. The zero-order valence-corrected chi connectivity index (χ0v) is 15.6. The smallest absolute Gasteiger partial charge is 0.232 e. The van der Waals surface area contributed by atoms with Crippen LogP contribution in [-0.4, -0.2) is 45.9 Å². The van der Waals surface area contributed by atoms with Crippen molar-refractivity contribution in [1.82, 2.24) is 19.6 Å². The predicted octanol–water partition coefficient (Wildman–Crippen LogP) is 3.51. The third-order valence-electron chi connectivity index (χ3n) is 4.87. The van der Waals surface area contributed by atoms with Gasteiger partial charge in [-0.1, -0.05) is 12.1 Å². The van der Waals surface area contributed by atoms with Gasteiger partial charge in [-0.15, -0.1) is 0 Å². The van der Waals surface area contributed by atoms with E-state index in [1.807, 2.05) is 12.1 Å². The summed E-state index contributed by atoms with van der Waals surface area (Å²) in [4.78, 5) is 11.2. The van der Waals surface area contributed by atoms with Gasteiger partial charge < -0.3 is 15.0 Å². The van der Waals surface area contributed by atoms with Crippen molar-refractivity contribution in [3.8, 4) is 11.4 Å². The normalized spacial score (nSPS) is 14.3. The molecule has 4 aromatic rings. The maximum absolute atomic E-state index is 14.2. The SMILES string of the molecule is Fc1ccccc1-c1nc(Nc2ccc(N3CCOCC3)cc2)n2nccc2n1. The van der Waals surface area contributed by atoms with E-state index in [0.29, 0.717) is 23.0 Å². The van der Waals surface area contributed by atoms with E-state index in [-0.39, 0.29) is 5.82 Å². The molecule has 2 aromatic carbocycles. The number of rotatable bonds is 4. The summed E-state index contributed by atoms with van der Waals surface area (Å²) < 4.78 is 21.3. The zero-order valence-electron chi connectivity index (χ0n) is 15.6. The van der Waals surface area contributed by atoms with E-state index in [0.717, 1.165) is 37.7 Å². The first-order valence-electron chi connectivity index (χ1n) is 9.44. The van der Waals surface area contributed by atoms with Gasteiger partial charge in [0, 0.05) is 30.5 Å². The molecule has 0 atom stereocenters. The summed E-state index contributed by atoms with van der Waals surface area (Å²) in [5.41, 5.74) is 2.95. The largest absolute Gasteiger partial charge is 0.378 e. The van der Waals surface area contributed by atoms with Crippen LogP contribution in [0.4, 0.5) is 21.7 Å². The predicted molar refractivity (Wildman–Crippen MR) is 109 cm³/mol. The number of nitrogens with one attached hydrogen (secondary N) is 1. The quantitative estimate of drug-likeness (QED) is 0.575. The Balaban J connectivity index is 1.47. The summed E-state index contributed by atoms with van der Waals surface area (Å²) in [7, 11) is 0. The second-order valence-corrected chi connectivity index (χ2v) is 6.72. The summed E-state index contributed by atoms with van der Waals surface area (Å²) in [6, 6.07) is 16.3. The van der Waals surface area contributed by atoms with Crippen LogP contribution in [0.1, 0.15) is 0 Å². The number of fused-ring (bicyclic) bond motifs is 1. The van der Waals surface area contributed by atoms with Gasteiger partial charge in [0.25, 0.3) is 0 Å². The molecule has 8 heteroatoms. The maximum atomic E-state index is 14.2. The lowest BCUT2D eigenvalue weighted by Crippen LogP contribution is -2.36. The molecule has 0 radical (unpaired) electrons. The van der Waals surface area contributed by atoms with Gasteiger partial charge in [0.15, 0.2) is 11.5 Å². The highest BCUT2D eigenvalue weighted by atomic mass is 19.1. The lowest BCUT2D eigenvalue weighted by atomic mass is 10.2. The number of benzene rings is 2. The van der Waals surface area contributed by atoms with Crippen LogP contribution in [-0.2, 0) is 4.74 Å². The van der Waals surface area contributed by atoms with Gasteiger partial charge in [-0.25, -0.2) is 9.37 Å². The topological polar surface area (TPSA) is 67.6 Å². The van der Waals surface area contributed by atoms with Gasteiger partial charge in [-0.3, -0.25) is 0 Å². The minimum atomic E-state index is -0.364. The molecule has 2 aromatic heterocycles. The van der Waals surface area contributed by atoms with Gasteiger partial charge in [0.2, 0.25) is 5.95 Å².